The monoisotopic (exact) mass is 316 g/mol. The van der Waals surface area contributed by atoms with Gasteiger partial charge in [-0.3, -0.25) is 0 Å². The van der Waals surface area contributed by atoms with Gasteiger partial charge in [-0.2, -0.15) is 8.42 Å². The summed E-state index contributed by atoms with van der Waals surface area (Å²) in [4.78, 5) is 0.246. The van der Waals surface area contributed by atoms with Crippen molar-refractivity contribution in [3.8, 4) is 0 Å². The molecule has 0 unspecified atom stereocenters. The Labute approximate surface area is 124 Å². The topological polar surface area (TPSA) is 67.8 Å². The van der Waals surface area contributed by atoms with Crippen LogP contribution in [-0.4, -0.2) is 34.0 Å². The molecule has 0 radical (unpaired) electrons. The van der Waals surface area contributed by atoms with Crippen LogP contribution in [0, 0.1) is 5.92 Å². The van der Waals surface area contributed by atoms with Gasteiger partial charge in [-0.1, -0.05) is 12.1 Å². The van der Waals surface area contributed by atoms with Crippen LogP contribution >= 0.6 is 12.4 Å². The average molecular weight is 317 g/mol. The van der Waals surface area contributed by atoms with Crippen molar-refractivity contribution in [1.82, 2.24) is 5.32 Å². The Morgan fingerprint density at radius 2 is 1.95 bits per heavy atom. The van der Waals surface area contributed by atoms with Crippen molar-refractivity contribution < 1.29 is 13.2 Å². The molecular weight excluding hydrogens is 300 g/mol. The second-order valence-electron chi connectivity index (χ2n) is 4.87. The van der Waals surface area contributed by atoms with Gasteiger partial charge in [0.05, 0.1) is 12.2 Å². The third-order valence-corrected chi connectivity index (χ3v) is 4.83. The van der Waals surface area contributed by atoms with Crippen LogP contribution < -0.4 is 5.32 Å². The minimum atomic E-state index is -3.56. The highest BCUT2D eigenvalue weighted by atomic mass is 35.5. The molecule has 0 aliphatic carbocycles. The number of fused-ring (bicyclic) bond motifs is 1. The summed E-state index contributed by atoms with van der Waals surface area (Å²) >= 11 is 0. The maximum Gasteiger partial charge on any atom is 0.286 e. The summed E-state index contributed by atoms with van der Waals surface area (Å²) in [5.74, 6) is 0.716. The molecule has 0 amide bonds. The number of nitrogens with one attached hydrogen (secondary N) is 1. The molecular formula is C13H17ClN2O3S. The Hall–Kier alpha value is -1.11. The van der Waals surface area contributed by atoms with Crippen molar-refractivity contribution in [3.63, 3.8) is 0 Å². The van der Waals surface area contributed by atoms with Gasteiger partial charge < -0.3 is 10.1 Å². The number of hydrogen-bond acceptors (Lipinski definition) is 4. The molecule has 0 saturated carbocycles. The summed E-state index contributed by atoms with van der Waals surface area (Å²) in [6.45, 7) is 2.52. The smallest absolute Gasteiger partial charge is 0.286 e. The van der Waals surface area contributed by atoms with E-state index in [1.165, 1.54) is 0 Å². The lowest BCUT2D eigenvalue weighted by Crippen LogP contribution is -2.30. The van der Waals surface area contributed by atoms with Gasteiger partial charge in [0.25, 0.3) is 10.0 Å². The van der Waals surface area contributed by atoms with Crippen molar-refractivity contribution in [2.24, 2.45) is 10.3 Å². The van der Waals surface area contributed by atoms with Crippen LogP contribution in [0.25, 0.3) is 0 Å². The van der Waals surface area contributed by atoms with Crippen molar-refractivity contribution in [1.29, 1.82) is 0 Å². The second kappa shape index (κ2) is 6.11. The van der Waals surface area contributed by atoms with Crippen LogP contribution in [0.3, 0.4) is 0 Å². The molecule has 0 spiro atoms. The van der Waals surface area contributed by atoms with Gasteiger partial charge >= 0.3 is 0 Å². The van der Waals surface area contributed by atoms with E-state index in [1.54, 1.807) is 24.3 Å². The molecule has 1 saturated heterocycles. The predicted molar refractivity (Wildman–Crippen MR) is 79.0 cm³/mol. The minimum Gasteiger partial charge on any atom is -0.476 e. The fraction of sp³-hybridized carbons (Fsp3) is 0.462. The predicted octanol–water partition coefficient (Wildman–Crippen LogP) is 1.57. The van der Waals surface area contributed by atoms with E-state index in [-0.39, 0.29) is 23.2 Å². The zero-order chi connectivity index (χ0) is 13.3. The largest absolute Gasteiger partial charge is 0.476 e. The van der Waals surface area contributed by atoms with E-state index in [1.807, 2.05) is 0 Å². The molecule has 3 rings (SSSR count). The summed E-state index contributed by atoms with van der Waals surface area (Å²) < 4.78 is 33.0. The summed E-state index contributed by atoms with van der Waals surface area (Å²) in [5.41, 5.74) is 0.580. The molecule has 2 heterocycles. The lowest BCUT2D eigenvalue weighted by atomic mass is 9.99. The quantitative estimate of drug-likeness (QED) is 0.899. The number of benzene rings is 1. The maximum atomic E-state index is 11.8. The van der Waals surface area contributed by atoms with Gasteiger partial charge in [0, 0.05) is 0 Å². The van der Waals surface area contributed by atoms with E-state index in [0.29, 0.717) is 18.1 Å². The zero-order valence-electron chi connectivity index (χ0n) is 10.9. The molecule has 0 bridgehead atoms. The standard InChI is InChI=1S/C13H16N2O3S.ClH/c16-19(17)12-4-2-1-3-11(12)13(15-19)18-9-10-5-7-14-8-6-10;/h1-4,10,14H,5-9H2;1H. The number of hydrogen-bond donors (Lipinski definition) is 1. The number of nitrogens with zero attached hydrogens (tertiary/aromatic N) is 1. The molecule has 1 aromatic rings. The molecule has 1 aromatic carbocycles. The molecule has 5 nitrogen and oxygen atoms in total. The summed E-state index contributed by atoms with van der Waals surface area (Å²) in [6, 6.07) is 6.79. The first-order valence-electron chi connectivity index (χ1n) is 6.45. The van der Waals surface area contributed by atoms with Crippen molar-refractivity contribution in [2.45, 2.75) is 17.7 Å². The van der Waals surface area contributed by atoms with Crippen LogP contribution in [0.1, 0.15) is 18.4 Å². The maximum absolute atomic E-state index is 11.8. The van der Waals surface area contributed by atoms with Crippen LogP contribution in [0.5, 0.6) is 0 Å². The van der Waals surface area contributed by atoms with Crippen molar-refractivity contribution >= 4 is 28.3 Å². The van der Waals surface area contributed by atoms with Crippen LogP contribution in [0.2, 0.25) is 0 Å². The van der Waals surface area contributed by atoms with E-state index < -0.39 is 10.0 Å². The molecule has 1 N–H and O–H groups in total. The zero-order valence-corrected chi connectivity index (χ0v) is 12.5. The highest BCUT2D eigenvalue weighted by Crippen LogP contribution is 2.26. The van der Waals surface area contributed by atoms with Crippen molar-refractivity contribution in [2.75, 3.05) is 19.7 Å². The Morgan fingerprint density at radius 1 is 1.25 bits per heavy atom. The Morgan fingerprint density at radius 3 is 2.70 bits per heavy atom. The molecule has 0 atom stereocenters. The van der Waals surface area contributed by atoms with Crippen LogP contribution in [0.15, 0.2) is 33.6 Å². The summed E-state index contributed by atoms with van der Waals surface area (Å²) in [7, 11) is -3.56. The number of sulfonamides is 1. The third kappa shape index (κ3) is 2.97. The Balaban J connectivity index is 0.00000147. The van der Waals surface area contributed by atoms with Gasteiger partial charge in [-0.15, -0.1) is 16.8 Å². The van der Waals surface area contributed by atoms with Gasteiger partial charge in [-0.05, 0) is 44.0 Å². The van der Waals surface area contributed by atoms with Crippen LogP contribution in [-0.2, 0) is 14.8 Å². The first-order chi connectivity index (χ1) is 9.17. The third-order valence-electron chi connectivity index (χ3n) is 3.51. The molecule has 1 fully saturated rings. The normalized spacial score (nSPS) is 20.7. The number of halogens is 1. The Bertz CT molecular complexity index is 610. The average Bonchev–Trinajstić information content (AvgIpc) is 2.70. The highest BCUT2D eigenvalue weighted by molar-refractivity contribution is 7.90. The highest BCUT2D eigenvalue weighted by Gasteiger charge is 2.30. The summed E-state index contributed by atoms with van der Waals surface area (Å²) in [6.07, 6.45) is 2.11. The fourth-order valence-electron chi connectivity index (χ4n) is 2.43. The lowest BCUT2D eigenvalue weighted by Gasteiger charge is -2.22. The lowest BCUT2D eigenvalue weighted by molar-refractivity contribution is 0.206. The van der Waals surface area contributed by atoms with Gasteiger partial charge in [0.1, 0.15) is 4.90 Å². The summed E-state index contributed by atoms with van der Waals surface area (Å²) in [5, 5.41) is 3.29. The molecule has 0 aromatic heterocycles. The first kappa shape index (κ1) is 15.3. The fourth-order valence-corrected chi connectivity index (χ4v) is 3.58. The van der Waals surface area contributed by atoms with E-state index in [9.17, 15) is 8.42 Å². The number of rotatable bonds is 2. The minimum absolute atomic E-state index is 0. The van der Waals surface area contributed by atoms with Gasteiger partial charge in [-0.25, -0.2) is 0 Å². The van der Waals surface area contributed by atoms with E-state index in [4.69, 9.17) is 4.74 Å². The number of ether oxygens (including phenoxy) is 1. The molecule has 2 aliphatic rings. The second-order valence-corrected chi connectivity index (χ2v) is 6.44. The first-order valence-corrected chi connectivity index (χ1v) is 7.89. The van der Waals surface area contributed by atoms with E-state index in [0.717, 1.165) is 25.9 Å². The van der Waals surface area contributed by atoms with E-state index in [2.05, 4.69) is 9.71 Å². The SMILES string of the molecule is Cl.O=S1(=O)N=C(OCC2CCNCC2)c2ccccc21. The van der Waals surface area contributed by atoms with Crippen molar-refractivity contribution in [3.05, 3.63) is 29.8 Å². The number of piperidine rings is 1. The van der Waals surface area contributed by atoms with E-state index >= 15 is 0 Å². The molecule has 20 heavy (non-hydrogen) atoms. The Kier molecular flexibility index (Phi) is 4.67. The van der Waals surface area contributed by atoms with Gasteiger partial charge in [0.2, 0.25) is 5.90 Å². The van der Waals surface area contributed by atoms with Gasteiger partial charge in [0.15, 0.2) is 0 Å². The molecule has 7 heteroatoms. The van der Waals surface area contributed by atoms with Crippen LogP contribution in [0.4, 0.5) is 0 Å². The molecule has 110 valence electrons. The molecule has 2 aliphatic heterocycles.